The van der Waals surface area contributed by atoms with Crippen molar-refractivity contribution in [2.75, 3.05) is 20.8 Å². The topological polar surface area (TPSA) is 58.9 Å². The largest absolute Gasteiger partial charge is 0.507 e. The van der Waals surface area contributed by atoms with Gasteiger partial charge in [0.1, 0.15) is 5.75 Å². The zero-order chi connectivity index (χ0) is 12.1. The first kappa shape index (κ1) is 13.1. The third kappa shape index (κ3) is 2.59. The van der Waals surface area contributed by atoms with Crippen LogP contribution >= 0.6 is 15.9 Å². The molecule has 16 heavy (non-hydrogen) atoms. The lowest BCUT2D eigenvalue weighted by molar-refractivity contribution is 0.287. The molecule has 0 aromatic heterocycles. The Kier molecular flexibility index (Phi) is 4.89. The molecule has 4 nitrogen and oxygen atoms in total. The van der Waals surface area contributed by atoms with Crippen LogP contribution < -0.4 is 9.47 Å². The fourth-order valence-electron chi connectivity index (χ4n) is 1.47. The smallest absolute Gasteiger partial charge is 0.175 e. The second kappa shape index (κ2) is 5.96. The number of hydrogen-bond acceptors (Lipinski definition) is 4. The van der Waals surface area contributed by atoms with Crippen LogP contribution in [0.3, 0.4) is 0 Å². The van der Waals surface area contributed by atoms with E-state index in [0.717, 1.165) is 0 Å². The molecule has 0 radical (unpaired) electrons. The predicted octanol–water partition coefficient (Wildman–Crippen LogP) is 2.10. The van der Waals surface area contributed by atoms with E-state index in [4.69, 9.17) is 14.6 Å². The average Bonchev–Trinajstić information content (AvgIpc) is 2.28. The Hall–Kier alpha value is -0.940. The van der Waals surface area contributed by atoms with Crippen molar-refractivity contribution >= 4 is 15.9 Å². The summed E-state index contributed by atoms with van der Waals surface area (Å²) in [6.07, 6.45) is 1.16. The quantitative estimate of drug-likeness (QED) is 0.872. The van der Waals surface area contributed by atoms with Gasteiger partial charge in [-0.05, 0) is 28.8 Å². The first-order chi connectivity index (χ1) is 7.65. The summed E-state index contributed by atoms with van der Waals surface area (Å²) in [5, 5.41) is 18.6. The minimum Gasteiger partial charge on any atom is -0.507 e. The van der Waals surface area contributed by atoms with Gasteiger partial charge >= 0.3 is 0 Å². The monoisotopic (exact) mass is 290 g/mol. The van der Waals surface area contributed by atoms with Gasteiger partial charge in [0.2, 0.25) is 0 Å². The SMILES string of the molecule is COc1cc(O)c(CCCO)c(Br)c1OC. The van der Waals surface area contributed by atoms with Crippen LogP contribution in [0.2, 0.25) is 0 Å². The van der Waals surface area contributed by atoms with Crippen LogP contribution in [-0.4, -0.2) is 31.0 Å². The van der Waals surface area contributed by atoms with Crippen LogP contribution in [-0.2, 0) is 6.42 Å². The Balaban J connectivity index is 3.18. The molecule has 0 bridgehead atoms. The minimum atomic E-state index is 0.0836. The van der Waals surface area contributed by atoms with Crippen molar-refractivity contribution in [2.45, 2.75) is 12.8 Å². The van der Waals surface area contributed by atoms with Gasteiger partial charge in [-0.1, -0.05) is 0 Å². The van der Waals surface area contributed by atoms with Gasteiger partial charge in [0.15, 0.2) is 11.5 Å². The fourth-order valence-corrected chi connectivity index (χ4v) is 2.23. The van der Waals surface area contributed by atoms with Crippen molar-refractivity contribution in [3.63, 3.8) is 0 Å². The number of phenols is 1. The highest BCUT2D eigenvalue weighted by Crippen LogP contribution is 2.42. The van der Waals surface area contributed by atoms with E-state index in [-0.39, 0.29) is 12.4 Å². The number of hydrogen-bond donors (Lipinski definition) is 2. The summed E-state index contributed by atoms with van der Waals surface area (Å²) >= 11 is 3.37. The molecular weight excluding hydrogens is 276 g/mol. The van der Waals surface area contributed by atoms with Gasteiger partial charge in [0.05, 0.1) is 18.7 Å². The number of ether oxygens (including phenoxy) is 2. The minimum absolute atomic E-state index is 0.0836. The highest BCUT2D eigenvalue weighted by molar-refractivity contribution is 9.10. The van der Waals surface area contributed by atoms with Crippen molar-refractivity contribution in [1.82, 2.24) is 0 Å². The summed E-state index contributed by atoms with van der Waals surface area (Å²) in [7, 11) is 3.05. The van der Waals surface area contributed by atoms with Crippen LogP contribution in [0.1, 0.15) is 12.0 Å². The molecule has 0 aliphatic rings. The number of halogens is 1. The Labute approximate surface area is 103 Å². The van der Waals surface area contributed by atoms with Crippen molar-refractivity contribution in [2.24, 2.45) is 0 Å². The van der Waals surface area contributed by atoms with E-state index < -0.39 is 0 Å². The van der Waals surface area contributed by atoms with E-state index in [1.807, 2.05) is 0 Å². The molecule has 0 saturated carbocycles. The van der Waals surface area contributed by atoms with Gasteiger partial charge in [-0.3, -0.25) is 0 Å². The third-order valence-corrected chi connectivity index (χ3v) is 3.11. The fraction of sp³-hybridized carbons (Fsp3) is 0.455. The normalized spacial score (nSPS) is 10.2. The van der Waals surface area contributed by atoms with Crippen LogP contribution in [0, 0.1) is 0 Å². The highest BCUT2D eigenvalue weighted by Gasteiger charge is 2.16. The lowest BCUT2D eigenvalue weighted by atomic mass is 10.1. The highest BCUT2D eigenvalue weighted by atomic mass is 79.9. The van der Waals surface area contributed by atoms with E-state index in [9.17, 15) is 5.11 Å². The molecule has 2 N–H and O–H groups in total. The molecule has 0 fully saturated rings. The summed E-state index contributed by atoms with van der Waals surface area (Å²) in [6.45, 7) is 0.0836. The summed E-state index contributed by atoms with van der Waals surface area (Å²) < 4.78 is 11.0. The maximum atomic E-state index is 9.80. The Bertz CT molecular complexity index is 365. The Morgan fingerprint density at radius 2 is 2.00 bits per heavy atom. The van der Waals surface area contributed by atoms with Crippen LogP contribution in [0.15, 0.2) is 10.5 Å². The number of rotatable bonds is 5. The Morgan fingerprint density at radius 3 is 2.50 bits per heavy atom. The van der Waals surface area contributed by atoms with E-state index in [1.165, 1.54) is 20.3 Å². The van der Waals surface area contributed by atoms with Gasteiger partial charge in [0, 0.05) is 18.2 Å². The van der Waals surface area contributed by atoms with Crippen LogP contribution in [0.4, 0.5) is 0 Å². The zero-order valence-electron chi connectivity index (χ0n) is 9.29. The first-order valence-corrected chi connectivity index (χ1v) is 5.68. The first-order valence-electron chi connectivity index (χ1n) is 4.88. The van der Waals surface area contributed by atoms with Crippen LogP contribution in [0.25, 0.3) is 0 Å². The second-order valence-electron chi connectivity index (χ2n) is 3.25. The number of aliphatic hydroxyl groups is 1. The molecular formula is C11H15BrO4. The number of aromatic hydroxyl groups is 1. The molecule has 0 saturated heterocycles. The van der Waals surface area contributed by atoms with Gasteiger partial charge in [-0.15, -0.1) is 0 Å². The molecule has 0 aliphatic heterocycles. The lowest BCUT2D eigenvalue weighted by Gasteiger charge is -2.14. The maximum absolute atomic E-state index is 9.80. The molecule has 0 heterocycles. The third-order valence-electron chi connectivity index (χ3n) is 2.27. The van der Waals surface area contributed by atoms with Gasteiger partial charge in [-0.2, -0.15) is 0 Å². The molecule has 1 rings (SSSR count). The van der Waals surface area contributed by atoms with Crippen molar-refractivity contribution in [1.29, 1.82) is 0 Å². The standard InChI is InChI=1S/C11H15BrO4/c1-15-9-6-8(14)7(4-3-5-13)10(12)11(9)16-2/h6,13-14H,3-5H2,1-2H3. The molecule has 0 unspecified atom stereocenters. The predicted molar refractivity (Wildman–Crippen MR) is 64.3 cm³/mol. The molecule has 1 aromatic carbocycles. The molecule has 1 aromatic rings. The number of aliphatic hydroxyl groups excluding tert-OH is 1. The number of methoxy groups -OCH3 is 2. The van der Waals surface area contributed by atoms with E-state index >= 15 is 0 Å². The van der Waals surface area contributed by atoms with Crippen molar-refractivity contribution in [3.05, 3.63) is 16.1 Å². The van der Waals surface area contributed by atoms with Gasteiger partial charge < -0.3 is 19.7 Å². The summed E-state index contributed by atoms with van der Waals surface area (Å²) in [4.78, 5) is 0. The summed E-state index contributed by atoms with van der Waals surface area (Å²) in [5.74, 6) is 1.16. The van der Waals surface area contributed by atoms with Crippen LogP contribution in [0.5, 0.6) is 17.2 Å². The van der Waals surface area contributed by atoms with E-state index in [2.05, 4.69) is 15.9 Å². The maximum Gasteiger partial charge on any atom is 0.175 e. The molecule has 5 heteroatoms. The van der Waals surface area contributed by atoms with Crippen molar-refractivity contribution in [3.8, 4) is 17.2 Å². The van der Waals surface area contributed by atoms with Gasteiger partial charge in [-0.25, -0.2) is 0 Å². The molecule has 90 valence electrons. The number of benzene rings is 1. The summed E-state index contributed by atoms with van der Waals surface area (Å²) in [6, 6.07) is 1.51. The average molecular weight is 291 g/mol. The Morgan fingerprint density at radius 1 is 1.31 bits per heavy atom. The van der Waals surface area contributed by atoms with Crippen molar-refractivity contribution < 1.29 is 19.7 Å². The molecule has 0 spiro atoms. The summed E-state index contributed by atoms with van der Waals surface area (Å²) in [5.41, 5.74) is 0.715. The lowest BCUT2D eigenvalue weighted by Crippen LogP contribution is -1.97. The second-order valence-corrected chi connectivity index (χ2v) is 4.04. The van der Waals surface area contributed by atoms with E-state index in [1.54, 1.807) is 0 Å². The molecule has 0 atom stereocenters. The molecule has 0 aliphatic carbocycles. The zero-order valence-corrected chi connectivity index (χ0v) is 10.9. The molecule has 0 amide bonds. The van der Waals surface area contributed by atoms with Gasteiger partial charge in [0.25, 0.3) is 0 Å². The van der Waals surface area contributed by atoms with E-state index in [0.29, 0.717) is 34.4 Å². The number of phenolic OH excluding ortho intramolecular Hbond substituents is 1.